The van der Waals surface area contributed by atoms with Crippen LogP contribution < -0.4 is 16.1 Å². The van der Waals surface area contributed by atoms with Crippen molar-refractivity contribution in [3.63, 3.8) is 0 Å². The normalized spacial score (nSPS) is 13.1. The molecule has 27 heavy (non-hydrogen) atoms. The molecule has 0 aliphatic heterocycles. The standard InChI is InChI=1S/C14H24N5O7P/c1-3-25-27(22,26-4-2)9-23-6-10(5-20)7-24-19-8-16-11-12(19)17-14(15)18-13(11)21/h8,10,20H,3-7,9H2,1-2H3,(H3,15,17,18,21). The second-order valence-corrected chi connectivity index (χ2v) is 7.48. The molecule has 0 radical (unpaired) electrons. The van der Waals surface area contributed by atoms with Crippen molar-refractivity contribution in [3.8, 4) is 0 Å². The van der Waals surface area contributed by atoms with Gasteiger partial charge in [-0.15, -0.1) is 0 Å². The molecule has 0 amide bonds. The molecule has 152 valence electrons. The van der Waals surface area contributed by atoms with Crippen molar-refractivity contribution in [2.24, 2.45) is 5.92 Å². The number of aromatic nitrogens is 4. The number of H-pyrrole nitrogens is 1. The molecule has 2 aromatic heterocycles. The minimum atomic E-state index is -3.32. The number of nitrogens with one attached hydrogen (secondary N) is 1. The first kappa shape index (κ1) is 21.3. The van der Waals surface area contributed by atoms with E-state index in [0.29, 0.717) is 0 Å². The fraction of sp³-hybridized carbons (Fsp3) is 0.643. The van der Waals surface area contributed by atoms with E-state index in [2.05, 4.69) is 15.0 Å². The van der Waals surface area contributed by atoms with Gasteiger partial charge >= 0.3 is 7.60 Å². The zero-order valence-corrected chi connectivity index (χ0v) is 16.1. The molecule has 0 spiro atoms. The molecule has 2 heterocycles. The van der Waals surface area contributed by atoms with Gasteiger partial charge in [-0.25, -0.2) is 4.98 Å². The van der Waals surface area contributed by atoms with Crippen LogP contribution in [-0.2, 0) is 18.3 Å². The Morgan fingerprint density at radius 2 is 2.04 bits per heavy atom. The predicted molar refractivity (Wildman–Crippen MR) is 96.3 cm³/mol. The topological polar surface area (TPSA) is 164 Å². The number of hydrogen-bond donors (Lipinski definition) is 3. The second kappa shape index (κ2) is 9.81. The first-order chi connectivity index (χ1) is 12.9. The van der Waals surface area contributed by atoms with E-state index in [4.69, 9.17) is 24.4 Å². The molecule has 0 bridgehead atoms. The van der Waals surface area contributed by atoms with Crippen LogP contribution in [0.25, 0.3) is 11.2 Å². The van der Waals surface area contributed by atoms with Crippen LogP contribution in [0.3, 0.4) is 0 Å². The van der Waals surface area contributed by atoms with Crippen LogP contribution >= 0.6 is 7.60 Å². The number of ether oxygens (including phenoxy) is 1. The maximum atomic E-state index is 12.3. The highest BCUT2D eigenvalue weighted by atomic mass is 31.2. The van der Waals surface area contributed by atoms with Gasteiger partial charge in [-0.2, -0.15) is 9.71 Å². The van der Waals surface area contributed by atoms with E-state index in [-0.39, 0.29) is 56.5 Å². The van der Waals surface area contributed by atoms with Crippen LogP contribution in [0.15, 0.2) is 11.1 Å². The number of rotatable bonds is 12. The Hall–Kier alpha value is -1.98. The maximum Gasteiger partial charge on any atom is 0.356 e. The highest BCUT2D eigenvalue weighted by Gasteiger charge is 2.24. The molecule has 1 atom stereocenters. The Bertz CT molecular complexity index is 829. The molecule has 0 aliphatic carbocycles. The second-order valence-electron chi connectivity index (χ2n) is 5.48. The van der Waals surface area contributed by atoms with Crippen LogP contribution in [-0.4, -0.2) is 64.2 Å². The highest BCUT2D eigenvalue weighted by Crippen LogP contribution is 2.47. The summed E-state index contributed by atoms with van der Waals surface area (Å²) in [6.07, 6.45) is 1.05. The molecule has 0 aliphatic rings. The molecular weight excluding hydrogens is 381 g/mol. The Labute approximate surface area is 155 Å². The third-order valence-electron chi connectivity index (χ3n) is 3.36. The number of aliphatic hydroxyl groups is 1. The smallest absolute Gasteiger partial charge is 0.356 e. The number of hydrogen-bond acceptors (Lipinski definition) is 10. The third kappa shape index (κ3) is 5.75. The summed E-state index contributed by atoms with van der Waals surface area (Å²) in [7, 11) is -3.32. The maximum absolute atomic E-state index is 12.3. The first-order valence-electron chi connectivity index (χ1n) is 8.35. The fourth-order valence-electron chi connectivity index (χ4n) is 2.18. The van der Waals surface area contributed by atoms with Crippen molar-refractivity contribution in [2.45, 2.75) is 13.8 Å². The molecular formula is C14H24N5O7P. The molecule has 0 fully saturated rings. The van der Waals surface area contributed by atoms with Crippen LogP contribution in [0.4, 0.5) is 5.95 Å². The van der Waals surface area contributed by atoms with Crippen molar-refractivity contribution in [1.82, 2.24) is 19.7 Å². The minimum absolute atomic E-state index is 0.0317. The number of anilines is 1. The van der Waals surface area contributed by atoms with Crippen molar-refractivity contribution < 1.29 is 28.3 Å². The Morgan fingerprint density at radius 3 is 2.67 bits per heavy atom. The van der Waals surface area contributed by atoms with Crippen molar-refractivity contribution in [2.75, 3.05) is 45.1 Å². The summed E-state index contributed by atoms with van der Waals surface area (Å²) >= 11 is 0. The molecule has 12 nitrogen and oxygen atoms in total. The number of nitrogens with two attached hydrogens (primary N) is 1. The van der Waals surface area contributed by atoms with Gasteiger partial charge in [-0.1, -0.05) is 0 Å². The van der Waals surface area contributed by atoms with Crippen molar-refractivity contribution in [1.29, 1.82) is 0 Å². The van der Waals surface area contributed by atoms with E-state index in [1.165, 1.54) is 11.1 Å². The zero-order chi connectivity index (χ0) is 19.9. The van der Waals surface area contributed by atoms with E-state index in [1.807, 2.05) is 0 Å². The zero-order valence-electron chi connectivity index (χ0n) is 15.2. The first-order valence-corrected chi connectivity index (χ1v) is 10.1. The van der Waals surface area contributed by atoms with E-state index in [9.17, 15) is 14.5 Å². The van der Waals surface area contributed by atoms with Crippen molar-refractivity contribution >= 4 is 24.7 Å². The van der Waals surface area contributed by atoms with Crippen LogP contribution in [0.1, 0.15) is 13.8 Å². The average molecular weight is 405 g/mol. The molecule has 4 N–H and O–H groups in total. The molecule has 1 unspecified atom stereocenters. The van der Waals surface area contributed by atoms with Gasteiger partial charge in [-0.05, 0) is 13.8 Å². The summed E-state index contributed by atoms with van der Waals surface area (Å²) in [6.45, 7) is 3.73. The van der Waals surface area contributed by atoms with Gasteiger partial charge in [0.1, 0.15) is 19.3 Å². The molecule has 13 heteroatoms. The van der Waals surface area contributed by atoms with Crippen molar-refractivity contribution in [3.05, 3.63) is 16.7 Å². The van der Waals surface area contributed by atoms with E-state index in [1.54, 1.807) is 13.8 Å². The van der Waals surface area contributed by atoms with Gasteiger partial charge in [-0.3, -0.25) is 14.3 Å². The SMILES string of the molecule is CCOP(=O)(COCC(CO)COn1cnc2c(=O)[nH]c(N)nc21)OCC. The predicted octanol–water partition coefficient (Wildman–Crippen LogP) is -0.0209. The van der Waals surface area contributed by atoms with Crippen LogP contribution in [0, 0.1) is 5.92 Å². The summed E-state index contributed by atoms with van der Waals surface area (Å²) in [5.74, 6) is -0.499. The monoisotopic (exact) mass is 405 g/mol. The number of aromatic amines is 1. The molecule has 0 saturated carbocycles. The lowest BCUT2D eigenvalue weighted by Crippen LogP contribution is -2.26. The van der Waals surface area contributed by atoms with Crippen LogP contribution in [0.5, 0.6) is 0 Å². The largest absolute Gasteiger partial charge is 0.410 e. The van der Waals surface area contributed by atoms with Gasteiger partial charge < -0.3 is 29.5 Å². The molecule has 2 aromatic rings. The number of aliphatic hydroxyl groups excluding tert-OH is 1. The van der Waals surface area contributed by atoms with E-state index >= 15 is 0 Å². The van der Waals surface area contributed by atoms with Crippen LogP contribution in [0.2, 0.25) is 0 Å². The van der Waals surface area contributed by atoms with E-state index in [0.717, 1.165) is 0 Å². The minimum Gasteiger partial charge on any atom is -0.410 e. The molecule has 0 aromatic carbocycles. The number of fused-ring (bicyclic) bond motifs is 1. The summed E-state index contributed by atoms with van der Waals surface area (Å²) in [4.78, 5) is 27.5. The summed E-state index contributed by atoms with van der Waals surface area (Å²) in [5.41, 5.74) is 5.27. The lowest BCUT2D eigenvalue weighted by molar-refractivity contribution is 0.0179. The summed E-state index contributed by atoms with van der Waals surface area (Å²) in [6, 6.07) is 0. The number of nitrogen functional groups attached to an aromatic ring is 1. The Balaban J connectivity index is 1.92. The van der Waals surface area contributed by atoms with E-state index < -0.39 is 19.1 Å². The summed E-state index contributed by atoms with van der Waals surface area (Å²) in [5, 5.41) is 9.49. The Morgan fingerprint density at radius 1 is 1.33 bits per heavy atom. The molecule has 2 rings (SSSR count). The fourth-order valence-corrected chi connectivity index (χ4v) is 3.52. The van der Waals surface area contributed by atoms with Gasteiger partial charge in [0.05, 0.1) is 26.4 Å². The van der Waals surface area contributed by atoms with Gasteiger partial charge in [0, 0.05) is 5.92 Å². The number of nitrogens with zero attached hydrogens (tertiary/aromatic N) is 3. The highest BCUT2D eigenvalue weighted by molar-refractivity contribution is 7.53. The summed E-state index contributed by atoms with van der Waals surface area (Å²) < 4.78 is 29.1. The lowest BCUT2D eigenvalue weighted by Gasteiger charge is -2.19. The average Bonchev–Trinajstić information content (AvgIpc) is 3.01. The molecule has 0 saturated heterocycles. The lowest BCUT2D eigenvalue weighted by atomic mass is 10.2. The Kier molecular flexibility index (Phi) is 7.75. The van der Waals surface area contributed by atoms with Gasteiger partial charge in [0.15, 0.2) is 5.52 Å². The van der Waals surface area contributed by atoms with Gasteiger partial charge in [0.25, 0.3) is 5.56 Å². The van der Waals surface area contributed by atoms with Gasteiger partial charge in [0.2, 0.25) is 11.6 Å². The quantitative estimate of drug-likeness (QED) is 0.409. The number of imidazole rings is 1. The third-order valence-corrected chi connectivity index (χ3v) is 5.16.